The topological polar surface area (TPSA) is 54.4 Å². The van der Waals surface area contributed by atoms with E-state index in [1.165, 1.54) is 6.92 Å². The lowest BCUT2D eigenvalue weighted by molar-refractivity contribution is -0.119. The molecule has 0 aromatic rings. The number of carbonyl (C=O) groups excluding carboxylic acids is 2. The monoisotopic (exact) mass is 162 g/mol. The van der Waals surface area contributed by atoms with Crippen LogP contribution in [0, 0.1) is 0 Å². The Morgan fingerprint density at radius 2 is 2.00 bits per heavy atom. The Morgan fingerprint density at radius 3 is 2.30 bits per heavy atom. The van der Waals surface area contributed by atoms with E-state index in [0.717, 1.165) is 0 Å². The molecule has 0 spiro atoms. The highest BCUT2D eigenvalue weighted by molar-refractivity contribution is 7.96. The Balaban J connectivity index is 3.53. The summed E-state index contributed by atoms with van der Waals surface area (Å²) in [4.78, 5) is 20.6. The van der Waals surface area contributed by atoms with Crippen LogP contribution >= 0.6 is 12.6 Å². The van der Waals surface area contributed by atoms with Gasteiger partial charge in [0, 0.05) is 12.8 Å². The molecular formula is C6H10O3S. The van der Waals surface area contributed by atoms with Crippen molar-refractivity contribution in [3.63, 3.8) is 0 Å². The lowest BCUT2D eigenvalue weighted by atomic mass is 10.1. The summed E-state index contributed by atoms with van der Waals surface area (Å²) in [5, 5.41) is 8.50. The zero-order chi connectivity index (χ0) is 8.15. The summed E-state index contributed by atoms with van der Waals surface area (Å²) in [6.07, 6.45) is -0.878. The van der Waals surface area contributed by atoms with Gasteiger partial charge in [0.2, 0.25) is 0 Å². The van der Waals surface area contributed by atoms with Crippen LogP contribution in [-0.2, 0) is 9.59 Å². The Kier molecular flexibility index (Phi) is 4.31. The lowest BCUT2D eigenvalue weighted by Gasteiger charge is -2.03. The fraction of sp³-hybridized carbons (Fsp3) is 0.667. The zero-order valence-electron chi connectivity index (χ0n) is 5.70. The summed E-state index contributed by atoms with van der Waals surface area (Å²) >= 11 is 3.45. The van der Waals surface area contributed by atoms with E-state index >= 15 is 0 Å². The maximum Gasteiger partial charge on any atom is 0.188 e. The molecule has 10 heavy (non-hydrogen) atoms. The number of aliphatic hydroxyl groups excluding tert-OH is 1. The molecule has 0 bridgehead atoms. The van der Waals surface area contributed by atoms with Crippen molar-refractivity contribution in [3.8, 4) is 0 Å². The first-order valence-electron chi connectivity index (χ1n) is 2.91. The third-order valence-corrected chi connectivity index (χ3v) is 1.12. The van der Waals surface area contributed by atoms with Gasteiger partial charge in [-0.05, 0) is 6.92 Å². The van der Waals surface area contributed by atoms with Crippen molar-refractivity contribution in [1.82, 2.24) is 0 Å². The van der Waals surface area contributed by atoms with Crippen molar-refractivity contribution < 1.29 is 14.7 Å². The summed E-state index contributed by atoms with van der Waals surface area (Å²) in [5.74, 6) is -0.123. The number of aliphatic hydroxyl groups is 1. The summed E-state index contributed by atoms with van der Waals surface area (Å²) in [5.41, 5.74) is 0. The molecule has 0 aromatic carbocycles. The second-order valence-electron chi connectivity index (χ2n) is 2.16. The molecule has 3 nitrogen and oxygen atoms in total. The van der Waals surface area contributed by atoms with E-state index in [1.54, 1.807) is 0 Å². The summed E-state index contributed by atoms with van der Waals surface area (Å²) in [6, 6.07) is 0. The first kappa shape index (κ1) is 9.65. The molecule has 1 N–H and O–H groups in total. The molecule has 0 fully saturated rings. The first-order valence-corrected chi connectivity index (χ1v) is 3.36. The van der Waals surface area contributed by atoms with Gasteiger partial charge < -0.3 is 5.11 Å². The minimum atomic E-state index is -0.859. The van der Waals surface area contributed by atoms with E-state index in [2.05, 4.69) is 12.6 Å². The van der Waals surface area contributed by atoms with Crippen molar-refractivity contribution in [2.45, 2.75) is 25.9 Å². The van der Waals surface area contributed by atoms with Gasteiger partial charge in [-0.15, -0.1) is 12.6 Å². The highest BCUT2D eigenvalue weighted by Gasteiger charge is 2.09. The van der Waals surface area contributed by atoms with Crippen LogP contribution in [-0.4, -0.2) is 22.1 Å². The number of thiol groups is 1. The van der Waals surface area contributed by atoms with Gasteiger partial charge >= 0.3 is 0 Å². The third kappa shape index (κ3) is 5.78. The minimum Gasteiger partial charge on any atom is -0.392 e. The fourth-order valence-corrected chi connectivity index (χ4v) is 0.816. The zero-order valence-corrected chi connectivity index (χ0v) is 6.60. The molecule has 0 saturated heterocycles. The van der Waals surface area contributed by atoms with Crippen molar-refractivity contribution in [2.75, 3.05) is 0 Å². The van der Waals surface area contributed by atoms with Gasteiger partial charge in [0.1, 0.15) is 5.78 Å². The molecule has 0 aliphatic rings. The van der Waals surface area contributed by atoms with Gasteiger partial charge in [-0.1, -0.05) is 0 Å². The summed E-state index contributed by atoms with van der Waals surface area (Å²) in [7, 11) is 0. The molecule has 0 heterocycles. The highest BCUT2D eigenvalue weighted by atomic mass is 32.1. The average molecular weight is 162 g/mol. The molecule has 1 atom stereocenters. The van der Waals surface area contributed by atoms with E-state index in [-0.39, 0.29) is 18.6 Å². The standard InChI is InChI=1S/C6H10O3S/c1-4(7)2-5(8)3-6(9)10/h5,8H,2-3H2,1H3,(H,9,10). The Morgan fingerprint density at radius 1 is 1.50 bits per heavy atom. The van der Waals surface area contributed by atoms with Gasteiger partial charge in [0.15, 0.2) is 5.12 Å². The molecule has 58 valence electrons. The maximum atomic E-state index is 10.3. The van der Waals surface area contributed by atoms with Gasteiger partial charge in [-0.3, -0.25) is 9.59 Å². The predicted octanol–water partition coefficient (Wildman–Crippen LogP) is 0.173. The molecule has 4 heteroatoms. The van der Waals surface area contributed by atoms with Crippen LogP contribution in [0.15, 0.2) is 0 Å². The first-order chi connectivity index (χ1) is 4.52. The number of rotatable bonds is 4. The van der Waals surface area contributed by atoms with Gasteiger partial charge in [0.05, 0.1) is 6.10 Å². The molecule has 1 unspecified atom stereocenters. The second kappa shape index (κ2) is 4.46. The van der Waals surface area contributed by atoms with Gasteiger partial charge in [-0.2, -0.15) is 0 Å². The van der Waals surface area contributed by atoms with E-state index in [0.29, 0.717) is 0 Å². The second-order valence-corrected chi connectivity index (χ2v) is 2.66. The van der Waals surface area contributed by atoms with Crippen LogP contribution < -0.4 is 0 Å². The Bertz CT molecular complexity index is 128. The minimum absolute atomic E-state index is 0.0340. The molecule has 0 radical (unpaired) electrons. The largest absolute Gasteiger partial charge is 0.392 e. The van der Waals surface area contributed by atoms with Crippen molar-refractivity contribution in [1.29, 1.82) is 0 Å². The van der Waals surface area contributed by atoms with Crippen LogP contribution in [0.1, 0.15) is 19.8 Å². The van der Waals surface area contributed by atoms with Crippen LogP contribution in [0.25, 0.3) is 0 Å². The van der Waals surface area contributed by atoms with Crippen LogP contribution in [0.5, 0.6) is 0 Å². The van der Waals surface area contributed by atoms with E-state index < -0.39 is 11.2 Å². The molecule has 0 aliphatic heterocycles. The SMILES string of the molecule is CC(=O)CC(O)CC(=O)S. The normalized spacial score (nSPS) is 12.7. The lowest BCUT2D eigenvalue weighted by Crippen LogP contribution is -2.13. The van der Waals surface area contributed by atoms with E-state index in [9.17, 15) is 9.59 Å². The fourth-order valence-electron chi connectivity index (χ4n) is 0.606. The molecule has 0 rings (SSSR count). The molecule has 0 saturated carbocycles. The molecule has 0 aromatic heterocycles. The Labute approximate surface area is 64.8 Å². The molecular weight excluding hydrogens is 152 g/mol. The van der Waals surface area contributed by atoms with Crippen LogP contribution in [0.3, 0.4) is 0 Å². The van der Waals surface area contributed by atoms with Crippen LogP contribution in [0.2, 0.25) is 0 Å². The number of carbonyl (C=O) groups is 2. The predicted molar refractivity (Wildman–Crippen MR) is 39.9 cm³/mol. The molecule has 0 amide bonds. The van der Waals surface area contributed by atoms with E-state index in [4.69, 9.17) is 5.11 Å². The van der Waals surface area contributed by atoms with Crippen LogP contribution in [0.4, 0.5) is 0 Å². The summed E-state index contributed by atoms with van der Waals surface area (Å²) in [6.45, 7) is 1.37. The third-order valence-electron chi connectivity index (χ3n) is 0.933. The maximum absolute atomic E-state index is 10.3. The van der Waals surface area contributed by atoms with Crippen molar-refractivity contribution >= 4 is 23.5 Å². The van der Waals surface area contributed by atoms with Gasteiger partial charge in [0.25, 0.3) is 0 Å². The van der Waals surface area contributed by atoms with E-state index in [1.807, 2.05) is 0 Å². The number of hydrogen-bond acceptors (Lipinski definition) is 3. The van der Waals surface area contributed by atoms with Crippen molar-refractivity contribution in [2.24, 2.45) is 0 Å². The van der Waals surface area contributed by atoms with Crippen molar-refractivity contribution in [3.05, 3.63) is 0 Å². The molecule has 0 aliphatic carbocycles. The number of hydrogen-bond donors (Lipinski definition) is 2. The smallest absolute Gasteiger partial charge is 0.188 e. The quantitative estimate of drug-likeness (QED) is 0.579. The summed E-state index contributed by atoms with van der Waals surface area (Å²) < 4.78 is 0. The van der Waals surface area contributed by atoms with Gasteiger partial charge in [-0.25, -0.2) is 0 Å². The number of Topliss-reactive ketones (excluding diaryl/α,β-unsaturated/α-hetero) is 1. The number of ketones is 1. The Hall–Kier alpha value is -0.350. The average Bonchev–Trinajstić information content (AvgIpc) is 1.58. The highest BCUT2D eigenvalue weighted by Crippen LogP contribution is 2.00.